The second kappa shape index (κ2) is 12.3. The Morgan fingerprint density at radius 3 is 2.32 bits per heavy atom. The Morgan fingerprint density at radius 1 is 1.10 bits per heavy atom. The highest BCUT2D eigenvalue weighted by molar-refractivity contribution is 7.92. The third-order valence-corrected chi connectivity index (χ3v) is 8.85. The maximum absolute atomic E-state index is 13.5. The number of benzene rings is 1. The third kappa shape index (κ3) is 7.24. The summed E-state index contributed by atoms with van der Waals surface area (Å²) in [6, 6.07) is 6.56. The molecular weight excluding hydrogens is 544 g/mol. The Hall–Kier alpha value is -3.92. The summed E-state index contributed by atoms with van der Waals surface area (Å²) in [4.78, 5) is 41.3. The Balaban J connectivity index is 2.06. The van der Waals surface area contributed by atoms with Crippen LogP contribution in [0, 0.1) is 13.8 Å². The van der Waals surface area contributed by atoms with Crippen LogP contribution in [0.4, 0.5) is 0 Å². The molecule has 1 aliphatic heterocycles. The lowest BCUT2D eigenvalue weighted by Gasteiger charge is -2.19. The van der Waals surface area contributed by atoms with E-state index in [-0.39, 0.29) is 30.0 Å². The van der Waals surface area contributed by atoms with E-state index < -0.39 is 38.5 Å². The Labute approximate surface area is 241 Å². The van der Waals surface area contributed by atoms with Gasteiger partial charge in [-0.15, -0.1) is 0 Å². The van der Waals surface area contributed by atoms with Crippen LogP contribution in [-0.2, 0) is 35.3 Å². The van der Waals surface area contributed by atoms with Crippen molar-refractivity contribution in [3.63, 3.8) is 0 Å². The summed E-state index contributed by atoms with van der Waals surface area (Å²) in [5, 5.41) is 1.74. The van der Waals surface area contributed by atoms with Crippen molar-refractivity contribution in [3.05, 3.63) is 81.8 Å². The molecule has 0 radical (unpaired) electrons. The summed E-state index contributed by atoms with van der Waals surface area (Å²) in [6.45, 7) is 15.6. The van der Waals surface area contributed by atoms with Crippen molar-refractivity contribution in [2.45, 2.75) is 77.1 Å². The van der Waals surface area contributed by atoms with E-state index in [0.29, 0.717) is 33.7 Å². The average Bonchev–Trinajstić information content (AvgIpc) is 3.34. The molecule has 0 aliphatic carbocycles. The summed E-state index contributed by atoms with van der Waals surface area (Å²) >= 11 is 0. The molecule has 3 rings (SSSR count). The summed E-state index contributed by atoms with van der Waals surface area (Å²) in [5.74, 6) is -1.45. The fraction of sp³-hybridized carbons (Fsp3) is 0.387. The molecule has 220 valence electrons. The number of nitrogens with one attached hydrogen (secondary N) is 2. The average molecular weight is 583 g/mol. The fourth-order valence-corrected chi connectivity index (χ4v) is 6.08. The SMILES string of the molecule is C=CCOC(=O)CCc1c(C(=O)OC(C)(C)C)[nH]c(/C=C2/NC(=O)C(C)=C2C(C)S(=O)(=O)c2ccc(C)cc2)c1C. The minimum Gasteiger partial charge on any atom is -0.461 e. The lowest BCUT2D eigenvalue weighted by atomic mass is 10.0. The van der Waals surface area contributed by atoms with E-state index in [2.05, 4.69) is 16.9 Å². The van der Waals surface area contributed by atoms with Crippen LogP contribution < -0.4 is 5.32 Å². The molecule has 0 saturated carbocycles. The van der Waals surface area contributed by atoms with Gasteiger partial charge in [-0.1, -0.05) is 30.4 Å². The van der Waals surface area contributed by atoms with E-state index in [1.807, 2.05) is 6.92 Å². The van der Waals surface area contributed by atoms with Gasteiger partial charge in [0.15, 0.2) is 9.84 Å². The van der Waals surface area contributed by atoms with E-state index in [1.165, 1.54) is 6.08 Å². The fourth-order valence-electron chi connectivity index (χ4n) is 4.54. The maximum Gasteiger partial charge on any atom is 0.355 e. The number of aromatic amines is 1. The zero-order chi connectivity index (χ0) is 30.7. The lowest BCUT2D eigenvalue weighted by Crippen LogP contribution is -2.25. The summed E-state index contributed by atoms with van der Waals surface area (Å²) in [6.07, 6.45) is 3.31. The molecular formula is C31H38N2O7S. The summed E-state index contributed by atoms with van der Waals surface area (Å²) in [5.41, 5.74) is 2.98. The van der Waals surface area contributed by atoms with E-state index >= 15 is 0 Å². The molecule has 2 N–H and O–H groups in total. The molecule has 41 heavy (non-hydrogen) atoms. The van der Waals surface area contributed by atoms with Gasteiger partial charge in [-0.2, -0.15) is 0 Å². The number of aromatic nitrogens is 1. The Kier molecular flexibility index (Phi) is 9.48. The van der Waals surface area contributed by atoms with Gasteiger partial charge >= 0.3 is 11.9 Å². The number of sulfone groups is 1. The van der Waals surface area contributed by atoms with Crippen LogP contribution in [0.2, 0.25) is 0 Å². The molecule has 0 spiro atoms. The van der Waals surface area contributed by atoms with E-state index in [9.17, 15) is 22.8 Å². The first-order chi connectivity index (χ1) is 19.1. The molecule has 2 heterocycles. The predicted molar refractivity (Wildman–Crippen MR) is 157 cm³/mol. The molecule has 0 fully saturated rings. The van der Waals surface area contributed by atoms with Gasteiger partial charge in [-0.3, -0.25) is 9.59 Å². The monoisotopic (exact) mass is 582 g/mol. The molecule has 2 aromatic rings. The molecule has 1 amide bonds. The van der Waals surface area contributed by atoms with E-state index in [1.54, 1.807) is 71.9 Å². The smallest absolute Gasteiger partial charge is 0.355 e. The van der Waals surface area contributed by atoms with Crippen molar-refractivity contribution in [2.75, 3.05) is 6.61 Å². The van der Waals surface area contributed by atoms with Gasteiger partial charge in [0, 0.05) is 29.0 Å². The van der Waals surface area contributed by atoms with Crippen molar-refractivity contribution >= 4 is 33.8 Å². The number of hydrogen-bond acceptors (Lipinski definition) is 7. The van der Waals surface area contributed by atoms with Crippen molar-refractivity contribution < 1.29 is 32.3 Å². The van der Waals surface area contributed by atoms with Crippen LogP contribution in [0.1, 0.15) is 73.9 Å². The quantitative estimate of drug-likeness (QED) is 0.301. The molecule has 1 atom stereocenters. The highest BCUT2D eigenvalue weighted by atomic mass is 32.2. The van der Waals surface area contributed by atoms with Crippen LogP contribution in [-0.4, -0.2) is 48.7 Å². The van der Waals surface area contributed by atoms with E-state index in [0.717, 1.165) is 5.56 Å². The van der Waals surface area contributed by atoms with Crippen LogP contribution in [0.5, 0.6) is 0 Å². The highest BCUT2D eigenvalue weighted by Crippen LogP contribution is 2.33. The predicted octanol–water partition coefficient (Wildman–Crippen LogP) is 4.90. The molecule has 0 bridgehead atoms. The second-order valence-corrected chi connectivity index (χ2v) is 13.3. The van der Waals surface area contributed by atoms with Gasteiger partial charge < -0.3 is 19.8 Å². The van der Waals surface area contributed by atoms with Crippen molar-refractivity contribution in [1.82, 2.24) is 10.3 Å². The first kappa shape index (κ1) is 31.6. The first-order valence-corrected chi connectivity index (χ1v) is 14.9. The number of esters is 2. The van der Waals surface area contributed by atoms with Gasteiger partial charge in [-0.05, 0) is 84.2 Å². The lowest BCUT2D eigenvalue weighted by molar-refractivity contribution is -0.142. The van der Waals surface area contributed by atoms with Crippen LogP contribution >= 0.6 is 0 Å². The van der Waals surface area contributed by atoms with Crippen molar-refractivity contribution in [1.29, 1.82) is 0 Å². The number of carbonyl (C=O) groups is 3. The largest absolute Gasteiger partial charge is 0.461 e. The van der Waals surface area contributed by atoms with Gasteiger partial charge in [0.1, 0.15) is 17.9 Å². The van der Waals surface area contributed by atoms with E-state index in [4.69, 9.17) is 9.47 Å². The minimum absolute atomic E-state index is 0.0190. The topological polar surface area (TPSA) is 132 Å². The number of allylic oxidation sites excluding steroid dienone is 1. The van der Waals surface area contributed by atoms with Gasteiger partial charge in [0.25, 0.3) is 5.91 Å². The van der Waals surface area contributed by atoms with Crippen LogP contribution in [0.15, 0.2) is 58.7 Å². The Bertz CT molecular complexity index is 1540. The molecule has 1 aliphatic rings. The van der Waals surface area contributed by atoms with Crippen molar-refractivity contribution in [2.24, 2.45) is 0 Å². The number of carbonyl (C=O) groups excluding carboxylic acids is 3. The number of amides is 1. The molecule has 9 nitrogen and oxygen atoms in total. The molecule has 0 saturated heterocycles. The zero-order valence-electron chi connectivity index (χ0n) is 24.6. The Morgan fingerprint density at radius 2 is 1.73 bits per heavy atom. The second-order valence-electron chi connectivity index (χ2n) is 11.0. The number of H-pyrrole nitrogens is 1. The number of hydrogen-bond donors (Lipinski definition) is 2. The first-order valence-electron chi connectivity index (χ1n) is 13.3. The number of rotatable bonds is 10. The van der Waals surface area contributed by atoms with Crippen molar-refractivity contribution in [3.8, 4) is 0 Å². The standard InChI is InChI=1S/C31H38N2O7S/c1-9-16-39-26(34)15-14-23-19(3)24(32-28(23)30(36)40-31(6,7)8)17-25-27(20(4)29(35)33-25)21(5)41(37,38)22-12-10-18(2)11-13-22/h9-13,17,21,32H,1,14-16H2,2-8H3,(H,33,35)/b25-17+. The van der Waals surface area contributed by atoms with Gasteiger partial charge in [0.2, 0.25) is 0 Å². The van der Waals surface area contributed by atoms with Gasteiger partial charge in [0.05, 0.1) is 10.1 Å². The summed E-state index contributed by atoms with van der Waals surface area (Å²) < 4.78 is 37.7. The molecule has 1 aromatic heterocycles. The third-order valence-electron chi connectivity index (χ3n) is 6.76. The normalized spacial score (nSPS) is 15.6. The zero-order valence-corrected chi connectivity index (χ0v) is 25.5. The molecule has 1 unspecified atom stereocenters. The molecule has 1 aromatic carbocycles. The number of ether oxygens (including phenoxy) is 2. The van der Waals surface area contributed by atoms with Gasteiger partial charge in [-0.25, -0.2) is 13.2 Å². The summed E-state index contributed by atoms with van der Waals surface area (Å²) in [7, 11) is -3.83. The minimum atomic E-state index is -3.83. The highest BCUT2D eigenvalue weighted by Gasteiger charge is 2.36. The van der Waals surface area contributed by atoms with Crippen LogP contribution in [0.3, 0.4) is 0 Å². The maximum atomic E-state index is 13.5. The van der Waals surface area contributed by atoms with Crippen LogP contribution in [0.25, 0.3) is 6.08 Å². The number of aryl methyl sites for hydroxylation is 1. The molecule has 10 heteroatoms.